The molecule has 3 nitrogen and oxygen atoms in total. The molecule has 19 heavy (non-hydrogen) atoms. The van der Waals surface area contributed by atoms with Gasteiger partial charge in [-0.1, -0.05) is 17.7 Å². The summed E-state index contributed by atoms with van der Waals surface area (Å²) >= 11 is 5.68. The van der Waals surface area contributed by atoms with E-state index in [9.17, 15) is 9.50 Å². The average molecular weight is 289 g/mol. The van der Waals surface area contributed by atoms with Crippen LogP contribution in [0.25, 0.3) is 0 Å². The van der Waals surface area contributed by atoms with E-state index >= 15 is 0 Å². The highest BCUT2D eigenvalue weighted by Gasteiger charge is 2.12. The molecule has 0 fully saturated rings. The first kappa shape index (κ1) is 16.0. The number of hydrogen-bond donors (Lipinski definition) is 1. The lowest BCUT2D eigenvalue weighted by molar-refractivity contribution is -0.129. The van der Waals surface area contributed by atoms with Gasteiger partial charge < -0.3 is 14.6 Å². The summed E-state index contributed by atoms with van der Waals surface area (Å²) < 4.78 is 23.5. The van der Waals surface area contributed by atoms with Crippen LogP contribution in [0.15, 0.2) is 30.0 Å². The van der Waals surface area contributed by atoms with Crippen molar-refractivity contribution in [3.05, 3.63) is 46.4 Å². The van der Waals surface area contributed by atoms with Crippen molar-refractivity contribution in [1.29, 1.82) is 0 Å². The zero-order chi connectivity index (χ0) is 14.3. The van der Waals surface area contributed by atoms with E-state index in [2.05, 4.69) is 0 Å². The maximum Gasteiger partial charge on any atom is 0.215 e. The van der Waals surface area contributed by atoms with Crippen molar-refractivity contribution in [3.63, 3.8) is 0 Å². The summed E-state index contributed by atoms with van der Waals surface area (Å²) in [7, 11) is 0. The van der Waals surface area contributed by atoms with Crippen molar-refractivity contribution in [1.82, 2.24) is 0 Å². The van der Waals surface area contributed by atoms with E-state index in [0.29, 0.717) is 19.6 Å². The number of rotatable bonds is 7. The third-order valence-corrected chi connectivity index (χ3v) is 2.70. The van der Waals surface area contributed by atoms with Gasteiger partial charge in [0.2, 0.25) is 6.29 Å². The van der Waals surface area contributed by atoms with Crippen LogP contribution in [0.5, 0.6) is 0 Å². The molecule has 0 amide bonds. The van der Waals surface area contributed by atoms with Gasteiger partial charge in [-0.25, -0.2) is 4.39 Å². The summed E-state index contributed by atoms with van der Waals surface area (Å²) in [5, 5.41) is 9.93. The first-order valence-electron chi connectivity index (χ1n) is 6.14. The Morgan fingerprint density at radius 2 is 2.00 bits per heavy atom. The summed E-state index contributed by atoms with van der Waals surface area (Å²) in [5.41, 5.74) is 0.796. The maximum atomic E-state index is 13.0. The van der Waals surface area contributed by atoms with Crippen molar-refractivity contribution in [2.24, 2.45) is 0 Å². The number of aliphatic hydroxyl groups is 1. The van der Waals surface area contributed by atoms with Crippen LogP contribution in [0.4, 0.5) is 4.39 Å². The fourth-order valence-electron chi connectivity index (χ4n) is 1.51. The number of benzene rings is 1. The highest BCUT2D eigenvalue weighted by molar-refractivity contribution is 6.30. The van der Waals surface area contributed by atoms with Crippen LogP contribution in [0, 0.1) is 5.82 Å². The third-order valence-electron chi connectivity index (χ3n) is 2.41. The van der Waals surface area contributed by atoms with Crippen molar-refractivity contribution < 1.29 is 19.0 Å². The van der Waals surface area contributed by atoms with Gasteiger partial charge >= 0.3 is 0 Å². The molecule has 106 valence electrons. The number of hydrogen-bond acceptors (Lipinski definition) is 3. The molecule has 1 aromatic rings. The van der Waals surface area contributed by atoms with Gasteiger partial charge in [-0.05, 0) is 44.0 Å². The van der Waals surface area contributed by atoms with E-state index < -0.39 is 12.1 Å². The van der Waals surface area contributed by atoms with E-state index in [1.807, 2.05) is 13.8 Å². The Kier molecular flexibility index (Phi) is 6.84. The highest BCUT2D eigenvalue weighted by Crippen LogP contribution is 2.17. The predicted molar refractivity (Wildman–Crippen MR) is 72.9 cm³/mol. The first-order valence-corrected chi connectivity index (χ1v) is 6.52. The Hall–Kier alpha value is -1.10. The molecular weight excluding hydrogens is 271 g/mol. The molecule has 0 aliphatic heterocycles. The average Bonchev–Trinajstić information content (AvgIpc) is 2.39. The molecular formula is C14H18ClFO3. The zero-order valence-electron chi connectivity index (χ0n) is 11.0. The van der Waals surface area contributed by atoms with Crippen molar-refractivity contribution in [2.45, 2.75) is 26.6 Å². The van der Waals surface area contributed by atoms with Crippen molar-refractivity contribution in [3.8, 4) is 0 Å². The Labute approximate surface area is 117 Å². The fraction of sp³-hybridized carbons (Fsp3) is 0.429. The molecule has 0 bridgehead atoms. The second-order valence-corrected chi connectivity index (χ2v) is 4.23. The fourth-order valence-corrected chi connectivity index (χ4v) is 1.71. The quantitative estimate of drug-likeness (QED) is 0.611. The summed E-state index contributed by atoms with van der Waals surface area (Å²) in [6.45, 7) is 4.51. The van der Waals surface area contributed by atoms with E-state index in [1.165, 1.54) is 12.1 Å². The molecule has 1 rings (SSSR count). The molecule has 0 aliphatic rings. The van der Waals surface area contributed by atoms with Crippen LogP contribution >= 0.6 is 11.6 Å². The van der Waals surface area contributed by atoms with Gasteiger partial charge in [0, 0.05) is 13.2 Å². The lowest BCUT2D eigenvalue weighted by Gasteiger charge is -2.16. The smallest absolute Gasteiger partial charge is 0.215 e. The van der Waals surface area contributed by atoms with E-state index in [1.54, 1.807) is 12.1 Å². The molecule has 0 radical (unpaired) electrons. The van der Waals surface area contributed by atoms with Gasteiger partial charge in [-0.3, -0.25) is 0 Å². The molecule has 1 aromatic carbocycles. The van der Waals surface area contributed by atoms with Crippen LogP contribution in [-0.2, 0) is 15.9 Å². The number of halogens is 2. The minimum absolute atomic E-state index is 0.00384. The first-order chi connectivity index (χ1) is 9.08. The summed E-state index contributed by atoms with van der Waals surface area (Å²) in [6, 6.07) is 4.43. The normalized spacial score (nSPS) is 12.2. The molecule has 0 spiro atoms. The topological polar surface area (TPSA) is 38.7 Å². The summed E-state index contributed by atoms with van der Waals surface area (Å²) in [4.78, 5) is 0. The third kappa shape index (κ3) is 5.19. The van der Waals surface area contributed by atoms with Crippen molar-refractivity contribution >= 4 is 11.6 Å². The predicted octanol–water partition coefficient (Wildman–Crippen LogP) is 3.86. The number of ether oxygens (including phenoxy) is 2. The zero-order valence-corrected chi connectivity index (χ0v) is 11.8. The summed E-state index contributed by atoms with van der Waals surface area (Å²) in [5.74, 6) is -0.454. The second kappa shape index (κ2) is 8.15. The molecule has 0 atom stereocenters. The van der Waals surface area contributed by atoms with E-state index in [4.69, 9.17) is 21.1 Å². The Bertz CT molecular complexity index is 429. The van der Waals surface area contributed by atoms with E-state index in [0.717, 1.165) is 5.56 Å². The number of aliphatic hydroxyl groups excluding tert-OH is 1. The largest absolute Gasteiger partial charge is 0.507 e. The summed E-state index contributed by atoms with van der Waals surface area (Å²) in [6.07, 6.45) is 1.23. The Balaban J connectivity index is 2.69. The van der Waals surface area contributed by atoms with Crippen LogP contribution in [0.2, 0.25) is 5.02 Å². The minimum Gasteiger partial charge on any atom is -0.507 e. The SMILES string of the molecule is CCOC(OCC)/C(O)=C/Cc1ccc(F)c(Cl)c1. The molecule has 1 N–H and O–H groups in total. The molecule has 0 unspecified atom stereocenters. The van der Waals surface area contributed by atoms with Crippen LogP contribution < -0.4 is 0 Å². The Morgan fingerprint density at radius 1 is 1.37 bits per heavy atom. The van der Waals surface area contributed by atoms with Gasteiger partial charge in [0.15, 0.2) is 0 Å². The minimum atomic E-state index is -0.758. The van der Waals surface area contributed by atoms with Crippen LogP contribution in [-0.4, -0.2) is 24.6 Å². The molecule has 0 saturated heterocycles. The number of allylic oxidation sites excluding steroid dienone is 1. The van der Waals surface area contributed by atoms with Gasteiger partial charge in [-0.15, -0.1) is 0 Å². The molecule has 0 saturated carbocycles. The van der Waals surface area contributed by atoms with Crippen LogP contribution in [0.1, 0.15) is 19.4 Å². The van der Waals surface area contributed by atoms with Gasteiger partial charge in [0.05, 0.1) is 5.02 Å². The molecule has 5 heteroatoms. The van der Waals surface area contributed by atoms with E-state index in [-0.39, 0.29) is 10.8 Å². The lowest BCUT2D eigenvalue weighted by atomic mass is 10.1. The van der Waals surface area contributed by atoms with Gasteiger partial charge in [-0.2, -0.15) is 0 Å². The molecule has 0 heterocycles. The van der Waals surface area contributed by atoms with Crippen molar-refractivity contribution in [2.75, 3.05) is 13.2 Å². The maximum absolute atomic E-state index is 13.0. The molecule has 0 aromatic heterocycles. The van der Waals surface area contributed by atoms with Crippen LogP contribution in [0.3, 0.4) is 0 Å². The standard InChI is InChI=1S/C14H18ClFO3/c1-3-18-14(19-4-2)13(17)8-6-10-5-7-12(16)11(15)9-10/h5,7-9,14,17H,3-4,6H2,1-2H3/b13-8-. The van der Waals surface area contributed by atoms with Gasteiger partial charge in [0.25, 0.3) is 0 Å². The van der Waals surface area contributed by atoms with Gasteiger partial charge in [0.1, 0.15) is 11.6 Å². The highest BCUT2D eigenvalue weighted by atomic mass is 35.5. The monoisotopic (exact) mass is 288 g/mol. The molecule has 0 aliphatic carbocycles. The lowest BCUT2D eigenvalue weighted by Crippen LogP contribution is -2.20. The Morgan fingerprint density at radius 3 is 2.53 bits per heavy atom. The second-order valence-electron chi connectivity index (χ2n) is 3.82.